The minimum atomic E-state index is -1.54. The molecule has 9 aromatic rings. The molecule has 9 aromatic carbocycles. The van der Waals surface area contributed by atoms with Gasteiger partial charge < -0.3 is 9.80 Å². The fourth-order valence-corrected chi connectivity index (χ4v) is 11.6. The van der Waals surface area contributed by atoms with Crippen molar-refractivity contribution in [3.05, 3.63) is 244 Å². The molecule has 3 heteroatoms. The smallest absolute Gasteiger partial charge is 0.0775 e. The fraction of sp³-hybridized carbons (Fsp3) is 0.148. The van der Waals surface area contributed by atoms with Gasteiger partial charge >= 0.3 is 0 Å². The van der Waals surface area contributed by atoms with Gasteiger partial charge in [0.05, 0.1) is 19.2 Å². The molecule has 0 atom stereocenters. The van der Waals surface area contributed by atoms with Gasteiger partial charge in [-0.15, -0.1) is 0 Å². The molecule has 0 aromatic heterocycles. The van der Waals surface area contributed by atoms with Crippen molar-refractivity contribution in [2.24, 2.45) is 0 Å². The van der Waals surface area contributed by atoms with E-state index in [0.29, 0.717) is 0 Å². The summed E-state index contributed by atoms with van der Waals surface area (Å²) in [5, 5.41) is 3.92. The number of hydrogen-bond acceptors (Lipinski definition) is 2. The maximum atomic E-state index is 2.55. The topological polar surface area (TPSA) is 6.48 Å². The lowest BCUT2D eigenvalue weighted by molar-refractivity contribution is 0.769. The van der Waals surface area contributed by atoms with Crippen LogP contribution in [0.25, 0.3) is 21.9 Å². The van der Waals surface area contributed by atoms with E-state index in [-0.39, 0.29) is 0 Å². The molecular weight excluding hydrogens is 789 g/mol. The molecule has 64 heavy (non-hydrogen) atoms. The number of anilines is 6. The summed E-state index contributed by atoms with van der Waals surface area (Å²) in [4.78, 5) is 4.98. The van der Waals surface area contributed by atoms with Gasteiger partial charge in [-0.05, 0) is 139 Å². The third-order valence-corrected chi connectivity index (χ3v) is 15.6. The van der Waals surface area contributed by atoms with Crippen LogP contribution in [0.3, 0.4) is 0 Å². The minimum absolute atomic E-state index is 0.654. The largest absolute Gasteiger partial charge is 0.310 e. The molecule has 1 aliphatic carbocycles. The molecule has 10 rings (SSSR count). The van der Waals surface area contributed by atoms with Gasteiger partial charge in [0.15, 0.2) is 0 Å². The molecule has 0 radical (unpaired) electrons. The number of fused-ring (bicyclic) bond motifs is 5. The molecule has 0 N–H and O–H groups in total. The summed E-state index contributed by atoms with van der Waals surface area (Å²) < 4.78 is 0. The van der Waals surface area contributed by atoms with E-state index in [9.17, 15) is 0 Å². The zero-order chi connectivity index (χ0) is 44.3. The van der Waals surface area contributed by atoms with Crippen LogP contribution in [-0.2, 0) is 5.41 Å². The average Bonchev–Trinajstić information content (AvgIpc) is 3.59. The number of nitrogens with zero attached hydrogens (tertiary/aromatic N) is 2. The van der Waals surface area contributed by atoms with Crippen LogP contribution in [0.2, 0.25) is 19.6 Å². The quantitative estimate of drug-likeness (QED) is 0.134. The van der Waals surface area contributed by atoms with E-state index in [4.69, 9.17) is 0 Å². The zero-order valence-electron chi connectivity index (χ0n) is 38.4. The van der Waals surface area contributed by atoms with Gasteiger partial charge in [-0.2, -0.15) is 0 Å². The number of hydrogen-bond donors (Lipinski definition) is 0. The van der Waals surface area contributed by atoms with Gasteiger partial charge in [0.2, 0.25) is 0 Å². The summed E-state index contributed by atoms with van der Waals surface area (Å²) in [5.41, 5.74) is 20.1. The molecule has 2 nitrogen and oxygen atoms in total. The van der Waals surface area contributed by atoms with Crippen molar-refractivity contribution in [1.29, 1.82) is 0 Å². The van der Waals surface area contributed by atoms with Gasteiger partial charge in [0.25, 0.3) is 0 Å². The first-order valence-electron chi connectivity index (χ1n) is 22.7. The molecule has 0 saturated carbocycles. The van der Waals surface area contributed by atoms with E-state index in [1.54, 1.807) is 0 Å². The number of benzene rings is 9. The number of aryl methyl sites for hydroxylation is 5. The van der Waals surface area contributed by atoms with Gasteiger partial charge in [0, 0.05) is 33.8 Å². The van der Waals surface area contributed by atoms with Gasteiger partial charge in [-0.3, -0.25) is 0 Å². The molecule has 0 amide bonds. The van der Waals surface area contributed by atoms with Crippen LogP contribution in [0.4, 0.5) is 34.1 Å². The molecule has 314 valence electrons. The Balaban J connectivity index is 1.32. The molecule has 0 fully saturated rings. The first kappa shape index (κ1) is 41.1. The second-order valence-corrected chi connectivity index (χ2v) is 24.0. The third kappa shape index (κ3) is 6.87. The lowest BCUT2D eigenvalue weighted by atomic mass is 9.67. The normalized spacial score (nSPS) is 12.8. The lowest BCUT2D eigenvalue weighted by Crippen LogP contribution is -2.37. The highest BCUT2D eigenvalue weighted by Gasteiger charge is 2.48. The molecule has 0 saturated heterocycles. The Bertz CT molecular complexity index is 3140. The van der Waals surface area contributed by atoms with Crippen molar-refractivity contribution >= 4 is 58.2 Å². The maximum Gasteiger partial charge on any atom is 0.0775 e. The Morgan fingerprint density at radius 3 is 1.42 bits per heavy atom. The van der Waals surface area contributed by atoms with E-state index >= 15 is 0 Å². The van der Waals surface area contributed by atoms with E-state index in [1.807, 2.05) is 0 Å². The molecule has 0 bridgehead atoms. The highest BCUT2D eigenvalue weighted by atomic mass is 28.3. The lowest BCUT2D eigenvalue weighted by Gasteiger charge is -2.36. The standard InChI is InChI=1S/C61H56N2Si/c1-41-23-27-48(28-24-41)62(57-35-25-42(2)37-44(57)4)50-31-34-54-55(39-50)61(46-17-11-9-12-18-46,47-19-13-10-14-20-47)56-40-59(52-21-15-16-22-53(52)60(54)56)63(58-36-26-43(3)38-45(58)5)49-29-32-51(33-30-49)64(6,7)8/h9-40H,1-8H3. The second kappa shape index (κ2) is 16.0. The van der Waals surface area contributed by atoms with Gasteiger partial charge in [-0.25, -0.2) is 0 Å². The summed E-state index contributed by atoms with van der Waals surface area (Å²) in [7, 11) is -1.54. The summed E-state index contributed by atoms with van der Waals surface area (Å²) in [6, 6.07) is 73.5. The minimum Gasteiger partial charge on any atom is -0.310 e. The molecule has 0 aliphatic heterocycles. The van der Waals surface area contributed by atoms with Crippen LogP contribution in [0.1, 0.15) is 50.1 Å². The fourth-order valence-electron chi connectivity index (χ4n) is 10.4. The van der Waals surface area contributed by atoms with Crippen LogP contribution < -0.4 is 15.0 Å². The van der Waals surface area contributed by atoms with Crippen molar-refractivity contribution in [2.75, 3.05) is 9.80 Å². The SMILES string of the molecule is Cc1ccc(N(c2ccc3c(c2)C(c2ccccc2)(c2ccccc2)c2cc(N(c4ccc([Si](C)(C)C)cc4)c4ccc(C)cc4C)c4ccccc4c2-3)c2ccc(C)cc2C)cc1. The Labute approximate surface area is 381 Å². The molecular formula is C61H56N2Si. The Morgan fingerprint density at radius 2 is 0.859 bits per heavy atom. The van der Waals surface area contributed by atoms with Crippen LogP contribution in [-0.4, -0.2) is 8.07 Å². The van der Waals surface area contributed by atoms with Crippen LogP contribution in [0, 0.1) is 34.6 Å². The number of rotatable bonds is 9. The van der Waals surface area contributed by atoms with E-state index in [1.165, 1.54) is 94.2 Å². The van der Waals surface area contributed by atoms with Crippen LogP contribution in [0.5, 0.6) is 0 Å². The predicted octanol–water partition coefficient (Wildman–Crippen LogP) is 16.2. The second-order valence-electron chi connectivity index (χ2n) is 19.0. The predicted molar refractivity (Wildman–Crippen MR) is 277 cm³/mol. The van der Waals surface area contributed by atoms with Gasteiger partial charge in [0.1, 0.15) is 0 Å². The Hall–Kier alpha value is -6.94. The summed E-state index contributed by atoms with van der Waals surface area (Å²) in [6.07, 6.45) is 0. The van der Waals surface area contributed by atoms with Crippen molar-refractivity contribution in [1.82, 2.24) is 0 Å². The van der Waals surface area contributed by atoms with Crippen LogP contribution >= 0.6 is 0 Å². The highest BCUT2D eigenvalue weighted by Crippen LogP contribution is 2.61. The highest BCUT2D eigenvalue weighted by molar-refractivity contribution is 6.88. The third-order valence-electron chi connectivity index (χ3n) is 13.5. The van der Waals surface area contributed by atoms with Crippen LogP contribution in [0.15, 0.2) is 194 Å². The summed E-state index contributed by atoms with van der Waals surface area (Å²) in [6.45, 7) is 18.3. The first-order valence-corrected chi connectivity index (χ1v) is 26.2. The van der Waals surface area contributed by atoms with E-state index in [0.717, 1.165) is 17.1 Å². The maximum absolute atomic E-state index is 2.55. The Kier molecular flexibility index (Phi) is 10.3. The van der Waals surface area contributed by atoms with Crippen molar-refractivity contribution in [2.45, 2.75) is 59.7 Å². The molecule has 0 heterocycles. The summed E-state index contributed by atoms with van der Waals surface area (Å²) >= 11 is 0. The molecule has 0 spiro atoms. The summed E-state index contributed by atoms with van der Waals surface area (Å²) in [5.74, 6) is 0. The average molecular weight is 845 g/mol. The monoisotopic (exact) mass is 844 g/mol. The van der Waals surface area contributed by atoms with Crippen molar-refractivity contribution < 1.29 is 0 Å². The Morgan fingerprint density at radius 1 is 0.375 bits per heavy atom. The van der Waals surface area contributed by atoms with E-state index in [2.05, 4.69) is 258 Å². The van der Waals surface area contributed by atoms with Crippen molar-refractivity contribution in [3.8, 4) is 11.1 Å². The molecule has 0 unspecified atom stereocenters. The zero-order valence-corrected chi connectivity index (χ0v) is 39.4. The van der Waals surface area contributed by atoms with E-state index < -0.39 is 13.5 Å². The molecule has 1 aliphatic rings. The first-order chi connectivity index (χ1) is 30.9. The van der Waals surface area contributed by atoms with Crippen molar-refractivity contribution in [3.63, 3.8) is 0 Å². The van der Waals surface area contributed by atoms with Gasteiger partial charge in [-0.1, -0.05) is 181 Å².